The number of benzene rings is 1. The van der Waals surface area contributed by atoms with Crippen LogP contribution in [0, 0.1) is 0 Å². The Morgan fingerprint density at radius 1 is 1.15 bits per heavy atom. The number of hydrogen-bond donors (Lipinski definition) is 0. The lowest BCUT2D eigenvalue weighted by molar-refractivity contribution is 0.398. The van der Waals surface area contributed by atoms with Crippen LogP contribution in [-0.4, -0.2) is 24.5 Å². The second-order valence-electron chi connectivity index (χ2n) is 4.22. The van der Waals surface area contributed by atoms with Crippen molar-refractivity contribution in [2.45, 2.75) is 4.90 Å². The number of fused-ring (bicyclic) bond motifs is 1. The van der Waals surface area contributed by atoms with Gasteiger partial charge in [-0.3, -0.25) is 0 Å². The maximum atomic E-state index is 12.6. The minimum Gasteiger partial charge on any atom is -0.481 e. The van der Waals surface area contributed by atoms with Crippen LogP contribution in [0.2, 0.25) is 0 Å². The molecule has 0 bridgehead atoms. The van der Waals surface area contributed by atoms with Crippen molar-refractivity contribution in [2.75, 3.05) is 7.11 Å². The molecule has 0 fully saturated rings. The first-order valence-electron chi connectivity index (χ1n) is 5.94. The fourth-order valence-corrected chi connectivity index (χ4v) is 3.38. The molecule has 20 heavy (non-hydrogen) atoms. The van der Waals surface area contributed by atoms with Gasteiger partial charge < -0.3 is 4.74 Å². The number of nitrogens with zero attached hydrogens (tertiary/aromatic N) is 2. The first-order valence-corrected chi connectivity index (χ1v) is 7.38. The van der Waals surface area contributed by atoms with Crippen molar-refractivity contribution in [3.8, 4) is 5.88 Å². The summed E-state index contributed by atoms with van der Waals surface area (Å²) in [7, 11) is -2.09. The van der Waals surface area contributed by atoms with Crippen LogP contribution in [0.3, 0.4) is 0 Å². The van der Waals surface area contributed by atoms with Crippen LogP contribution in [0.25, 0.3) is 10.9 Å². The van der Waals surface area contributed by atoms with E-state index in [9.17, 15) is 8.42 Å². The third kappa shape index (κ3) is 1.94. The Morgan fingerprint density at radius 3 is 2.60 bits per heavy atom. The Hall–Kier alpha value is -2.34. The Bertz CT molecular complexity index is 855. The highest BCUT2D eigenvalue weighted by molar-refractivity contribution is 7.90. The van der Waals surface area contributed by atoms with Gasteiger partial charge in [0.05, 0.1) is 23.7 Å². The molecular weight excluding hydrogens is 276 g/mol. The third-order valence-electron chi connectivity index (χ3n) is 3.02. The molecule has 0 unspecified atom stereocenters. The molecule has 1 aromatic carbocycles. The van der Waals surface area contributed by atoms with E-state index in [-0.39, 0.29) is 4.90 Å². The molecule has 102 valence electrons. The number of aromatic nitrogens is 2. The summed E-state index contributed by atoms with van der Waals surface area (Å²) in [6.45, 7) is 0. The van der Waals surface area contributed by atoms with Crippen molar-refractivity contribution in [2.24, 2.45) is 0 Å². The fraction of sp³-hybridized carbons (Fsp3) is 0.0714. The molecule has 3 rings (SSSR count). The summed E-state index contributed by atoms with van der Waals surface area (Å²) >= 11 is 0. The van der Waals surface area contributed by atoms with Crippen LogP contribution in [0.15, 0.2) is 59.8 Å². The van der Waals surface area contributed by atoms with Gasteiger partial charge in [0.15, 0.2) is 0 Å². The topological polar surface area (TPSA) is 61.2 Å². The summed E-state index contributed by atoms with van der Waals surface area (Å²) in [6, 6.07) is 11.7. The molecule has 0 atom stereocenters. The zero-order valence-corrected chi connectivity index (χ0v) is 11.5. The van der Waals surface area contributed by atoms with E-state index in [0.717, 1.165) is 5.39 Å². The van der Waals surface area contributed by atoms with E-state index >= 15 is 0 Å². The maximum Gasteiger partial charge on any atom is 0.268 e. The van der Waals surface area contributed by atoms with Crippen LogP contribution in [0.4, 0.5) is 0 Å². The Morgan fingerprint density at radius 2 is 1.90 bits per heavy atom. The molecule has 0 aliphatic carbocycles. The summed E-state index contributed by atoms with van der Waals surface area (Å²) in [5.41, 5.74) is 0.523. The Kier molecular flexibility index (Phi) is 2.94. The molecule has 0 N–H and O–H groups in total. The van der Waals surface area contributed by atoms with Crippen molar-refractivity contribution in [1.29, 1.82) is 0 Å². The molecule has 0 saturated heterocycles. The fourth-order valence-electron chi connectivity index (χ4n) is 2.02. The van der Waals surface area contributed by atoms with Gasteiger partial charge in [-0.15, -0.1) is 0 Å². The van der Waals surface area contributed by atoms with Gasteiger partial charge >= 0.3 is 0 Å². The van der Waals surface area contributed by atoms with Gasteiger partial charge in [-0.1, -0.05) is 18.2 Å². The average Bonchev–Trinajstić information content (AvgIpc) is 2.91. The lowest BCUT2D eigenvalue weighted by Crippen LogP contribution is -2.11. The molecule has 0 radical (unpaired) electrons. The number of methoxy groups -OCH3 is 1. The largest absolute Gasteiger partial charge is 0.481 e. The quantitative estimate of drug-likeness (QED) is 0.742. The van der Waals surface area contributed by atoms with Crippen LogP contribution in [0.1, 0.15) is 0 Å². The standard InChI is InChI=1S/C14H12N2O3S/c1-19-14-9-11-7-8-16(13(11)10-15-14)20(17,18)12-5-3-2-4-6-12/h2-10H,1H3. The number of hydrogen-bond acceptors (Lipinski definition) is 4. The van der Waals surface area contributed by atoms with Crippen molar-refractivity contribution in [3.63, 3.8) is 0 Å². The predicted octanol–water partition coefficient (Wildman–Crippen LogP) is 2.28. The van der Waals surface area contributed by atoms with E-state index in [0.29, 0.717) is 11.4 Å². The van der Waals surface area contributed by atoms with E-state index in [1.807, 2.05) is 0 Å². The maximum absolute atomic E-state index is 12.6. The van der Waals surface area contributed by atoms with Gasteiger partial charge in [-0.05, 0) is 18.2 Å². The Balaban J connectivity index is 2.20. The predicted molar refractivity (Wildman–Crippen MR) is 75.3 cm³/mol. The second-order valence-corrected chi connectivity index (χ2v) is 6.03. The molecule has 0 saturated carbocycles. The zero-order valence-electron chi connectivity index (χ0n) is 10.7. The van der Waals surface area contributed by atoms with Gasteiger partial charge in [0, 0.05) is 17.6 Å². The number of pyridine rings is 1. The van der Waals surface area contributed by atoms with Crippen LogP contribution in [0.5, 0.6) is 5.88 Å². The third-order valence-corrected chi connectivity index (χ3v) is 4.73. The van der Waals surface area contributed by atoms with Crippen molar-refractivity contribution in [3.05, 3.63) is 54.9 Å². The van der Waals surface area contributed by atoms with Crippen LogP contribution < -0.4 is 4.74 Å². The summed E-state index contributed by atoms with van der Waals surface area (Å²) in [5, 5.41) is 0.761. The van der Waals surface area contributed by atoms with E-state index in [1.54, 1.807) is 42.5 Å². The lowest BCUT2D eigenvalue weighted by Gasteiger charge is -2.07. The van der Waals surface area contributed by atoms with Gasteiger partial charge in [-0.2, -0.15) is 0 Å². The zero-order chi connectivity index (χ0) is 14.2. The smallest absolute Gasteiger partial charge is 0.268 e. The molecular formula is C14H12N2O3S. The summed E-state index contributed by atoms with van der Waals surface area (Å²) in [5.74, 6) is 0.451. The normalized spacial score (nSPS) is 11.7. The lowest BCUT2D eigenvalue weighted by atomic mass is 10.3. The molecule has 3 aromatic rings. The molecule has 0 amide bonds. The highest BCUT2D eigenvalue weighted by atomic mass is 32.2. The van der Waals surface area contributed by atoms with Crippen LogP contribution in [-0.2, 0) is 10.0 Å². The summed E-state index contributed by atoms with van der Waals surface area (Å²) in [6.07, 6.45) is 3.02. The van der Waals surface area contributed by atoms with Crippen molar-refractivity contribution in [1.82, 2.24) is 8.96 Å². The monoisotopic (exact) mass is 288 g/mol. The summed E-state index contributed by atoms with van der Waals surface area (Å²) in [4.78, 5) is 4.30. The molecule has 2 aromatic heterocycles. The first-order chi connectivity index (χ1) is 9.63. The van der Waals surface area contributed by atoms with Crippen molar-refractivity contribution >= 4 is 20.9 Å². The van der Waals surface area contributed by atoms with E-state index in [4.69, 9.17) is 4.74 Å². The highest BCUT2D eigenvalue weighted by Gasteiger charge is 2.18. The minimum atomic E-state index is -3.61. The van der Waals surface area contributed by atoms with Crippen molar-refractivity contribution < 1.29 is 13.2 Å². The SMILES string of the molecule is COc1cc2ccn(S(=O)(=O)c3ccccc3)c2cn1. The highest BCUT2D eigenvalue weighted by Crippen LogP contribution is 2.23. The van der Waals surface area contributed by atoms with Gasteiger partial charge in [-0.25, -0.2) is 17.4 Å². The molecule has 0 spiro atoms. The average molecular weight is 288 g/mol. The molecule has 0 aliphatic rings. The first kappa shape index (κ1) is 12.7. The van der Waals surface area contributed by atoms with Gasteiger partial charge in [0.1, 0.15) is 0 Å². The van der Waals surface area contributed by atoms with E-state index in [1.165, 1.54) is 23.5 Å². The molecule has 2 heterocycles. The van der Waals surface area contributed by atoms with E-state index < -0.39 is 10.0 Å². The second kappa shape index (κ2) is 4.64. The molecule has 0 aliphatic heterocycles. The molecule has 5 nitrogen and oxygen atoms in total. The number of ether oxygens (including phenoxy) is 1. The van der Waals surface area contributed by atoms with Gasteiger partial charge in [0.2, 0.25) is 5.88 Å². The summed E-state index contributed by atoms with van der Waals surface area (Å²) < 4.78 is 31.4. The Labute approximate surface area is 116 Å². The molecule has 6 heteroatoms. The van der Waals surface area contributed by atoms with Crippen LogP contribution >= 0.6 is 0 Å². The number of rotatable bonds is 3. The van der Waals surface area contributed by atoms with Gasteiger partial charge in [0.25, 0.3) is 10.0 Å². The minimum absolute atomic E-state index is 0.244. The van der Waals surface area contributed by atoms with E-state index in [2.05, 4.69) is 4.98 Å².